The van der Waals surface area contributed by atoms with Gasteiger partial charge in [0, 0.05) is 12.2 Å². The number of carboxylic acids is 1. The van der Waals surface area contributed by atoms with E-state index in [4.69, 9.17) is 9.84 Å². The van der Waals surface area contributed by atoms with Crippen molar-refractivity contribution in [3.05, 3.63) is 29.8 Å². The number of methoxy groups -OCH3 is 1. The van der Waals surface area contributed by atoms with Crippen molar-refractivity contribution < 1.29 is 19.4 Å². The fraction of sp³-hybridized carbons (Fsp3) is 0.429. The highest BCUT2D eigenvalue weighted by atomic mass is 16.5. The van der Waals surface area contributed by atoms with Crippen molar-refractivity contribution in [2.45, 2.75) is 20.3 Å². The van der Waals surface area contributed by atoms with E-state index in [1.807, 2.05) is 13.8 Å². The largest absolute Gasteiger partial charge is 0.481 e. The van der Waals surface area contributed by atoms with Gasteiger partial charge in [0.05, 0.1) is 19.1 Å². The molecule has 0 heterocycles. The minimum absolute atomic E-state index is 0.0559. The van der Waals surface area contributed by atoms with Gasteiger partial charge in [-0.2, -0.15) is 0 Å². The Kier molecular flexibility index (Phi) is 4.92. The fourth-order valence-corrected chi connectivity index (χ4v) is 1.73. The number of carbonyl (C=O) groups is 2. The van der Waals surface area contributed by atoms with Crippen molar-refractivity contribution in [3.8, 4) is 0 Å². The van der Waals surface area contributed by atoms with Crippen molar-refractivity contribution in [3.63, 3.8) is 0 Å². The van der Waals surface area contributed by atoms with Crippen LogP contribution in [0.15, 0.2) is 24.3 Å². The van der Waals surface area contributed by atoms with Gasteiger partial charge in [-0.05, 0) is 17.5 Å². The van der Waals surface area contributed by atoms with Gasteiger partial charge in [-0.1, -0.05) is 26.0 Å². The summed E-state index contributed by atoms with van der Waals surface area (Å²) in [5.74, 6) is -1.26. The summed E-state index contributed by atoms with van der Waals surface area (Å²) >= 11 is 0. The molecule has 104 valence electrons. The van der Waals surface area contributed by atoms with E-state index in [0.29, 0.717) is 17.8 Å². The van der Waals surface area contributed by atoms with Crippen LogP contribution in [0.2, 0.25) is 0 Å². The lowest BCUT2D eigenvalue weighted by molar-refractivity contribution is -0.139. The number of nitrogens with one attached hydrogen (secondary N) is 1. The molecule has 0 aliphatic carbocycles. The van der Waals surface area contributed by atoms with Gasteiger partial charge >= 0.3 is 11.9 Å². The monoisotopic (exact) mass is 265 g/mol. The molecule has 19 heavy (non-hydrogen) atoms. The zero-order valence-electron chi connectivity index (χ0n) is 11.4. The van der Waals surface area contributed by atoms with Crippen LogP contribution < -0.4 is 5.32 Å². The van der Waals surface area contributed by atoms with Gasteiger partial charge in [0.25, 0.3) is 0 Å². The molecule has 0 fully saturated rings. The van der Waals surface area contributed by atoms with Crippen LogP contribution in [0.5, 0.6) is 0 Å². The van der Waals surface area contributed by atoms with Crippen LogP contribution in [0, 0.1) is 5.41 Å². The molecule has 5 heteroatoms. The molecule has 2 N–H and O–H groups in total. The van der Waals surface area contributed by atoms with Gasteiger partial charge in [-0.15, -0.1) is 0 Å². The smallest absolute Gasteiger partial charge is 0.339 e. The fourth-order valence-electron chi connectivity index (χ4n) is 1.73. The summed E-state index contributed by atoms with van der Waals surface area (Å²) in [4.78, 5) is 22.3. The van der Waals surface area contributed by atoms with Crippen molar-refractivity contribution in [1.82, 2.24) is 0 Å². The topological polar surface area (TPSA) is 75.6 Å². The molecule has 0 saturated heterocycles. The van der Waals surface area contributed by atoms with Crippen molar-refractivity contribution >= 4 is 17.6 Å². The summed E-state index contributed by atoms with van der Waals surface area (Å²) in [5, 5.41) is 11.9. The highest BCUT2D eigenvalue weighted by molar-refractivity contribution is 5.95. The highest BCUT2D eigenvalue weighted by Crippen LogP contribution is 2.23. The van der Waals surface area contributed by atoms with Crippen molar-refractivity contribution in [1.29, 1.82) is 0 Å². The molecule has 0 saturated carbocycles. The molecule has 1 rings (SSSR count). The first kappa shape index (κ1) is 15.0. The molecule has 0 radical (unpaired) electrons. The summed E-state index contributed by atoms with van der Waals surface area (Å²) < 4.78 is 4.70. The van der Waals surface area contributed by atoms with E-state index in [1.165, 1.54) is 7.11 Å². The standard InChI is InChI=1S/C14H19NO4/c1-14(2,8-12(16)17)9-15-11-7-5-4-6-10(11)13(18)19-3/h4-7,15H,8-9H2,1-3H3,(H,16,17). The third kappa shape index (κ3) is 4.62. The van der Waals surface area contributed by atoms with Gasteiger partial charge in [0.2, 0.25) is 0 Å². The van der Waals surface area contributed by atoms with Crippen molar-refractivity contribution in [2.24, 2.45) is 5.41 Å². The van der Waals surface area contributed by atoms with E-state index in [1.54, 1.807) is 24.3 Å². The Morgan fingerprint density at radius 3 is 2.53 bits per heavy atom. The highest BCUT2D eigenvalue weighted by Gasteiger charge is 2.22. The Balaban J connectivity index is 2.78. The first-order valence-electron chi connectivity index (χ1n) is 5.99. The minimum atomic E-state index is -0.840. The summed E-state index contributed by atoms with van der Waals surface area (Å²) in [6, 6.07) is 6.99. The lowest BCUT2D eigenvalue weighted by Crippen LogP contribution is -2.26. The number of rotatable bonds is 6. The van der Waals surface area contributed by atoms with Gasteiger partial charge in [-0.3, -0.25) is 4.79 Å². The van der Waals surface area contributed by atoms with Gasteiger partial charge < -0.3 is 15.2 Å². The van der Waals surface area contributed by atoms with Crippen LogP contribution in [0.1, 0.15) is 30.6 Å². The molecular formula is C14H19NO4. The predicted octanol–water partition coefficient (Wildman–Crippen LogP) is 2.39. The molecule has 0 amide bonds. The third-order valence-corrected chi connectivity index (χ3v) is 2.72. The van der Waals surface area contributed by atoms with E-state index >= 15 is 0 Å². The zero-order valence-corrected chi connectivity index (χ0v) is 11.4. The molecule has 0 bridgehead atoms. The number of carbonyl (C=O) groups excluding carboxylic acids is 1. The predicted molar refractivity (Wildman–Crippen MR) is 72.3 cm³/mol. The quantitative estimate of drug-likeness (QED) is 0.772. The zero-order chi connectivity index (χ0) is 14.5. The molecule has 0 unspecified atom stereocenters. The molecule has 0 atom stereocenters. The van der Waals surface area contributed by atoms with Crippen molar-refractivity contribution in [2.75, 3.05) is 19.0 Å². The number of ether oxygens (including phenoxy) is 1. The number of hydrogen-bond donors (Lipinski definition) is 2. The second-order valence-corrected chi connectivity index (χ2v) is 5.13. The maximum atomic E-state index is 11.6. The first-order valence-corrected chi connectivity index (χ1v) is 5.99. The van der Waals surface area contributed by atoms with Crippen LogP contribution in [0.3, 0.4) is 0 Å². The van der Waals surface area contributed by atoms with E-state index in [9.17, 15) is 9.59 Å². The van der Waals surface area contributed by atoms with E-state index in [-0.39, 0.29) is 6.42 Å². The molecule has 0 aliphatic heterocycles. The molecule has 1 aromatic carbocycles. The number of anilines is 1. The number of para-hydroxylation sites is 1. The number of carboxylic acid groups (broad SMARTS) is 1. The summed E-state index contributed by atoms with van der Waals surface area (Å²) in [7, 11) is 1.33. The van der Waals surface area contributed by atoms with Crippen LogP contribution >= 0.6 is 0 Å². The average Bonchev–Trinajstić information content (AvgIpc) is 2.34. The number of benzene rings is 1. The molecule has 5 nitrogen and oxygen atoms in total. The molecular weight excluding hydrogens is 246 g/mol. The summed E-state index contributed by atoms with van der Waals surface area (Å²) in [6.07, 6.45) is 0.0559. The second-order valence-electron chi connectivity index (χ2n) is 5.13. The summed E-state index contributed by atoms with van der Waals surface area (Å²) in [5.41, 5.74) is 0.679. The Morgan fingerprint density at radius 1 is 1.32 bits per heavy atom. The Hall–Kier alpha value is -2.04. The minimum Gasteiger partial charge on any atom is -0.481 e. The van der Waals surface area contributed by atoms with E-state index in [2.05, 4.69) is 5.32 Å². The summed E-state index contributed by atoms with van der Waals surface area (Å²) in [6.45, 7) is 4.16. The van der Waals surface area contributed by atoms with Gasteiger partial charge in [-0.25, -0.2) is 4.79 Å². The maximum absolute atomic E-state index is 11.6. The van der Waals surface area contributed by atoms with Crippen LogP contribution in [0.25, 0.3) is 0 Å². The molecule has 0 aromatic heterocycles. The first-order chi connectivity index (χ1) is 8.85. The molecule has 0 aliphatic rings. The Bertz CT molecular complexity index is 468. The van der Waals surface area contributed by atoms with Gasteiger partial charge in [0.1, 0.15) is 0 Å². The Labute approximate surface area is 112 Å². The molecule has 1 aromatic rings. The van der Waals surface area contributed by atoms with Crippen LogP contribution in [0.4, 0.5) is 5.69 Å². The third-order valence-electron chi connectivity index (χ3n) is 2.72. The lowest BCUT2D eigenvalue weighted by Gasteiger charge is -2.24. The lowest BCUT2D eigenvalue weighted by atomic mass is 9.89. The van der Waals surface area contributed by atoms with E-state index in [0.717, 1.165) is 0 Å². The normalized spacial score (nSPS) is 10.9. The van der Waals surface area contributed by atoms with Gasteiger partial charge in [0.15, 0.2) is 0 Å². The Morgan fingerprint density at radius 2 is 1.95 bits per heavy atom. The molecule has 0 spiro atoms. The SMILES string of the molecule is COC(=O)c1ccccc1NCC(C)(C)CC(=O)O. The average molecular weight is 265 g/mol. The number of aliphatic carboxylic acids is 1. The maximum Gasteiger partial charge on any atom is 0.339 e. The van der Waals surface area contributed by atoms with E-state index < -0.39 is 17.4 Å². The van der Waals surface area contributed by atoms with Crippen LogP contribution in [-0.2, 0) is 9.53 Å². The number of hydrogen-bond acceptors (Lipinski definition) is 4. The van der Waals surface area contributed by atoms with Crippen LogP contribution in [-0.4, -0.2) is 30.7 Å². The second kappa shape index (κ2) is 6.22. The number of esters is 1.